The van der Waals surface area contributed by atoms with Gasteiger partial charge < -0.3 is 5.32 Å². The zero-order valence-electron chi connectivity index (χ0n) is 11.4. The van der Waals surface area contributed by atoms with E-state index in [0.29, 0.717) is 16.2 Å². The van der Waals surface area contributed by atoms with Gasteiger partial charge in [-0.3, -0.25) is 0 Å². The molecular weight excluding hydrogens is 278 g/mol. The molecule has 0 aromatic heterocycles. The maximum absolute atomic E-state index is 11.8. The van der Waals surface area contributed by atoms with Crippen LogP contribution in [0.3, 0.4) is 0 Å². The minimum Gasteiger partial charge on any atom is -0.380 e. The van der Waals surface area contributed by atoms with Crippen molar-refractivity contribution in [2.45, 2.75) is 41.9 Å². The molecule has 1 aliphatic rings. The van der Waals surface area contributed by atoms with Crippen LogP contribution in [0.25, 0.3) is 0 Å². The monoisotopic (exact) mass is 299 g/mol. The summed E-state index contributed by atoms with van der Waals surface area (Å²) in [5.41, 5.74) is 0.746. The van der Waals surface area contributed by atoms with E-state index in [2.05, 4.69) is 11.6 Å². The third-order valence-electron chi connectivity index (χ3n) is 3.63. The number of hydrogen-bond donors (Lipinski definition) is 1. The molecule has 2 atom stereocenters. The number of nitrogens with one attached hydrogen (secondary N) is 1. The third kappa shape index (κ3) is 3.66. The van der Waals surface area contributed by atoms with Crippen molar-refractivity contribution in [1.82, 2.24) is 0 Å². The van der Waals surface area contributed by atoms with E-state index in [1.165, 1.54) is 25.5 Å². The SMILES string of the molecule is CSC1CCCCC1Nc1ccccc1S(C)(=O)=O. The van der Waals surface area contributed by atoms with E-state index in [1.807, 2.05) is 23.9 Å². The van der Waals surface area contributed by atoms with Crippen LogP contribution in [0.1, 0.15) is 25.7 Å². The second-order valence-electron chi connectivity index (χ2n) is 5.08. The highest BCUT2D eigenvalue weighted by atomic mass is 32.2. The van der Waals surface area contributed by atoms with Gasteiger partial charge in [-0.15, -0.1) is 0 Å². The first kappa shape index (κ1) is 14.7. The predicted octanol–water partition coefficient (Wildman–Crippen LogP) is 3.18. The fourth-order valence-corrected chi connectivity index (χ4v) is 4.44. The maximum atomic E-state index is 11.8. The molecule has 2 unspecified atom stereocenters. The summed E-state index contributed by atoms with van der Waals surface area (Å²) in [4.78, 5) is 0.403. The molecule has 0 saturated heterocycles. The van der Waals surface area contributed by atoms with E-state index in [4.69, 9.17) is 0 Å². The highest BCUT2D eigenvalue weighted by Crippen LogP contribution is 2.31. The van der Waals surface area contributed by atoms with Crippen molar-refractivity contribution in [3.63, 3.8) is 0 Å². The number of benzene rings is 1. The van der Waals surface area contributed by atoms with Crippen molar-refractivity contribution in [3.8, 4) is 0 Å². The zero-order chi connectivity index (χ0) is 13.9. The maximum Gasteiger partial charge on any atom is 0.177 e. The van der Waals surface area contributed by atoms with Crippen LogP contribution in [0.5, 0.6) is 0 Å². The van der Waals surface area contributed by atoms with E-state index < -0.39 is 9.84 Å². The molecule has 0 spiro atoms. The first-order valence-electron chi connectivity index (χ1n) is 6.61. The summed E-state index contributed by atoms with van der Waals surface area (Å²) >= 11 is 1.87. The summed E-state index contributed by atoms with van der Waals surface area (Å²) < 4.78 is 23.6. The number of anilines is 1. The van der Waals surface area contributed by atoms with Crippen molar-refractivity contribution >= 4 is 27.3 Å². The van der Waals surface area contributed by atoms with Crippen molar-refractivity contribution < 1.29 is 8.42 Å². The summed E-state index contributed by atoms with van der Waals surface area (Å²) in [7, 11) is -3.18. The van der Waals surface area contributed by atoms with Crippen LogP contribution in [-0.4, -0.2) is 32.2 Å². The molecule has 5 heteroatoms. The van der Waals surface area contributed by atoms with Gasteiger partial charge >= 0.3 is 0 Å². The first-order chi connectivity index (χ1) is 9.02. The average molecular weight is 299 g/mol. The predicted molar refractivity (Wildman–Crippen MR) is 82.7 cm³/mol. The number of sulfone groups is 1. The molecule has 0 aliphatic heterocycles. The standard InChI is InChI=1S/C14H21NO2S2/c1-18-13-9-5-3-7-11(13)15-12-8-4-6-10-14(12)19(2,16)17/h4,6,8,10-11,13,15H,3,5,7,9H2,1-2H3. The molecule has 3 nitrogen and oxygen atoms in total. The Balaban J connectivity index is 2.23. The number of rotatable bonds is 4. The van der Waals surface area contributed by atoms with Gasteiger partial charge in [-0.25, -0.2) is 8.42 Å². The van der Waals surface area contributed by atoms with Crippen LogP contribution < -0.4 is 5.32 Å². The van der Waals surface area contributed by atoms with Gasteiger partial charge in [0.2, 0.25) is 0 Å². The van der Waals surface area contributed by atoms with Crippen LogP contribution in [0.2, 0.25) is 0 Å². The first-order valence-corrected chi connectivity index (χ1v) is 9.78. The van der Waals surface area contributed by atoms with Gasteiger partial charge in [0.15, 0.2) is 9.84 Å². The fraction of sp³-hybridized carbons (Fsp3) is 0.571. The highest BCUT2D eigenvalue weighted by molar-refractivity contribution is 7.99. The van der Waals surface area contributed by atoms with Crippen LogP contribution >= 0.6 is 11.8 Å². The zero-order valence-corrected chi connectivity index (χ0v) is 13.1. The van der Waals surface area contributed by atoms with Gasteiger partial charge in [0.05, 0.1) is 10.6 Å². The Morgan fingerprint density at radius 3 is 2.58 bits per heavy atom. The Labute approximate surface area is 120 Å². The lowest BCUT2D eigenvalue weighted by Crippen LogP contribution is -2.34. The molecule has 1 aromatic rings. The van der Waals surface area contributed by atoms with Gasteiger partial charge in [0.25, 0.3) is 0 Å². The van der Waals surface area contributed by atoms with Gasteiger partial charge in [0.1, 0.15) is 0 Å². The lowest BCUT2D eigenvalue weighted by molar-refractivity contribution is 0.474. The molecule has 0 radical (unpaired) electrons. The molecule has 1 aromatic carbocycles. The summed E-state index contributed by atoms with van der Waals surface area (Å²) in [6.45, 7) is 0. The van der Waals surface area contributed by atoms with Crippen LogP contribution in [0.4, 0.5) is 5.69 Å². The van der Waals surface area contributed by atoms with E-state index in [9.17, 15) is 8.42 Å². The van der Waals surface area contributed by atoms with Crippen molar-refractivity contribution in [2.24, 2.45) is 0 Å². The number of hydrogen-bond acceptors (Lipinski definition) is 4. The smallest absolute Gasteiger partial charge is 0.177 e. The topological polar surface area (TPSA) is 46.2 Å². The lowest BCUT2D eigenvalue weighted by Gasteiger charge is -2.32. The quantitative estimate of drug-likeness (QED) is 0.927. The normalized spacial score (nSPS) is 24.1. The molecule has 0 bridgehead atoms. The van der Waals surface area contributed by atoms with E-state index in [0.717, 1.165) is 12.1 Å². The lowest BCUT2D eigenvalue weighted by atomic mass is 9.94. The van der Waals surface area contributed by atoms with Crippen LogP contribution in [-0.2, 0) is 9.84 Å². The van der Waals surface area contributed by atoms with Crippen LogP contribution in [0.15, 0.2) is 29.2 Å². The van der Waals surface area contributed by atoms with Crippen molar-refractivity contribution in [1.29, 1.82) is 0 Å². The second-order valence-corrected chi connectivity index (χ2v) is 8.14. The van der Waals surface area contributed by atoms with Crippen molar-refractivity contribution in [2.75, 3.05) is 17.8 Å². The summed E-state index contributed by atoms with van der Waals surface area (Å²) in [5.74, 6) is 0. The number of para-hydroxylation sites is 1. The average Bonchev–Trinajstić information content (AvgIpc) is 2.39. The Morgan fingerprint density at radius 2 is 1.89 bits per heavy atom. The van der Waals surface area contributed by atoms with Gasteiger partial charge in [-0.05, 0) is 31.2 Å². The molecule has 106 valence electrons. The molecule has 1 fully saturated rings. The highest BCUT2D eigenvalue weighted by Gasteiger charge is 2.25. The van der Waals surface area contributed by atoms with E-state index >= 15 is 0 Å². The molecule has 19 heavy (non-hydrogen) atoms. The van der Waals surface area contributed by atoms with Gasteiger partial charge in [0, 0.05) is 17.5 Å². The van der Waals surface area contributed by atoms with E-state index in [1.54, 1.807) is 12.1 Å². The molecule has 0 heterocycles. The Bertz CT molecular complexity index is 528. The van der Waals surface area contributed by atoms with Crippen molar-refractivity contribution in [3.05, 3.63) is 24.3 Å². The van der Waals surface area contributed by atoms with Gasteiger partial charge in [-0.1, -0.05) is 25.0 Å². The Kier molecular flexibility index (Phi) is 4.79. The molecule has 2 rings (SSSR count). The van der Waals surface area contributed by atoms with Crippen LogP contribution in [0, 0.1) is 0 Å². The summed E-state index contributed by atoms with van der Waals surface area (Å²) in [5, 5.41) is 4.03. The fourth-order valence-electron chi connectivity index (χ4n) is 2.65. The summed E-state index contributed by atoms with van der Waals surface area (Å²) in [6.07, 6.45) is 8.21. The minimum absolute atomic E-state index is 0.367. The molecular formula is C14H21NO2S2. The Morgan fingerprint density at radius 1 is 1.21 bits per heavy atom. The Hall–Kier alpha value is -0.680. The molecule has 1 N–H and O–H groups in total. The molecule has 1 saturated carbocycles. The summed E-state index contributed by atoms with van der Waals surface area (Å²) in [6, 6.07) is 7.56. The second kappa shape index (κ2) is 6.18. The minimum atomic E-state index is -3.18. The van der Waals surface area contributed by atoms with Gasteiger partial charge in [-0.2, -0.15) is 11.8 Å². The third-order valence-corrected chi connectivity index (χ3v) is 5.96. The molecule has 1 aliphatic carbocycles. The largest absolute Gasteiger partial charge is 0.380 e. The molecule has 0 amide bonds. The number of thioether (sulfide) groups is 1. The van der Waals surface area contributed by atoms with E-state index in [-0.39, 0.29) is 0 Å².